The molecule has 0 aromatic heterocycles. The second kappa shape index (κ2) is 11.0. The van der Waals surface area contributed by atoms with E-state index in [9.17, 15) is 50.3 Å². The van der Waals surface area contributed by atoms with Crippen molar-refractivity contribution in [3.8, 4) is 0 Å². The summed E-state index contributed by atoms with van der Waals surface area (Å²) >= 11 is 0. The van der Waals surface area contributed by atoms with Crippen molar-refractivity contribution in [2.45, 2.75) is 99.1 Å². The standard InChI is InChI=1S/C18H31FO14/c1-4-14(9(23)7(19)16(28)29-4)32-18-13(27)11(25)15(6(3-21)31-18)33-17-12(26)10(24)8(22)5(2-20)30-17/h4-18,20-28H,2-3H2,1H3/t4-,5-,6-,7-,8-,9-,10+,11-,12-,13-,14-,15-,16+,17+,18+/m1/s1. The molecule has 9 N–H and O–H groups in total. The summed E-state index contributed by atoms with van der Waals surface area (Å²) in [5, 5.41) is 89.4. The molecular formula is C18H31FO14. The lowest BCUT2D eigenvalue weighted by molar-refractivity contribution is -0.374. The van der Waals surface area contributed by atoms with Crippen LogP contribution in [0.5, 0.6) is 0 Å². The third-order valence-electron chi connectivity index (χ3n) is 6.00. The van der Waals surface area contributed by atoms with E-state index in [-0.39, 0.29) is 0 Å². The maximum Gasteiger partial charge on any atom is 0.189 e. The molecule has 0 amide bonds. The molecule has 3 aliphatic rings. The molecule has 0 aromatic carbocycles. The molecule has 15 atom stereocenters. The Labute approximate surface area is 187 Å². The molecule has 0 saturated carbocycles. The second-order valence-corrected chi connectivity index (χ2v) is 8.27. The van der Waals surface area contributed by atoms with Crippen molar-refractivity contribution in [3.05, 3.63) is 0 Å². The molecule has 0 spiro atoms. The fourth-order valence-corrected chi connectivity index (χ4v) is 4.01. The minimum Gasteiger partial charge on any atom is -0.394 e. The second-order valence-electron chi connectivity index (χ2n) is 8.27. The molecular weight excluding hydrogens is 459 g/mol. The lowest BCUT2D eigenvalue weighted by Crippen LogP contribution is -2.66. The smallest absolute Gasteiger partial charge is 0.189 e. The van der Waals surface area contributed by atoms with Gasteiger partial charge in [0.15, 0.2) is 25.0 Å². The van der Waals surface area contributed by atoms with Gasteiger partial charge in [-0.25, -0.2) is 4.39 Å². The van der Waals surface area contributed by atoms with Gasteiger partial charge < -0.3 is 69.6 Å². The minimum absolute atomic E-state index is 0.731. The lowest BCUT2D eigenvalue weighted by Gasteiger charge is -2.47. The van der Waals surface area contributed by atoms with Gasteiger partial charge in [0.05, 0.1) is 19.3 Å². The third kappa shape index (κ3) is 5.31. The number of aliphatic hydroxyl groups excluding tert-OH is 9. The summed E-state index contributed by atoms with van der Waals surface area (Å²) in [4.78, 5) is 0. The van der Waals surface area contributed by atoms with E-state index in [2.05, 4.69) is 0 Å². The van der Waals surface area contributed by atoms with Crippen molar-refractivity contribution in [1.29, 1.82) is 0 Å². The Morgan fingerprint density at radius 2 is 1.15 bits per heavy atom. The molecule has 194 valence electrons. The highest BCUT2D eigenvalue weighted by Gasteiger charge is 2.53. The van der Waals surface area contributed by atoms with Gasteiger partial charge in [0.1, 0.15) is 61.0 Å². The Morgan fingerprint density at radius 1 is 0.636 bits per heavy atom. The molecule has 15 heteroatoms. The number of ether oxygens (including phenoxy) is 5. The van der Waals surface area contributed by atoms with Crippen LogP contribution in [0.25, 0.3) is 0 Å². The average Bonchev–Trinajstić information content (AvgIpc) is 2.79. The first-order valence-corrected chi connectivity index (χ1v) is 10.4. The van der Waals surface area contributed by atoms with Crippen molar-refractivity contribution < 1.29 is 74.0 Å². The van der Waals surface area contributed by atoms with E-state index in [1.54, 1.807) is 0 Å². The van der Waals surface area contributed by atoms with E-state index >= 15 is 0 Å². The summed E-state index contributed by atoms with van der Waals surface area (Å²) < 4.78 is 40.3. The van der Waals surface area contributed by atoms with Crippen molar-refractivity contribution in [2.24, 2.45) is 0 Å². The number of alkyl halides is 1. The van der Waals surface area contributed by atoms with Crippen LogP contribution in [0.4, 0.5) is 4.39 Å². The first-order valence-electron chi connectivity index (χ1n) is 10.4. The van der Waals surface area contributed by atoms with E-state index in [4.69, 9.17) is 23.7 Å². The molecule has 0 bridgehead atoms. The zero-order chi connectivity index (χ0) is 24.6. The molecule has 0 aromatic rings. The van der Waals surface area contributed by atoms with Crippen molar-refractivity contribution in [2.75, 3.05) is 13.2 Å². The van der Waals surface area contributed by atoms with Gasteiger partial charge in [-0.1, -0.05) is 0 Å². The van der Waals surface area contributed by atoms with Crippen LogP contribution in [-0.2, 0) is 23.7 Å². The molecule has 3 aliphatic heterocycles. The third-order valence-corrected chi connectivity index (χ3v) is 6.00. The Balaban J connectivity index is 1.70. The minimum atomic E-state index is -2.22. The van der Waals surface area contributed by atoms with E-state index in [1.165, 1.54) is 6.92 Å². The Kier molecular flexibility index (Phi) is 8.96. The Hall–Kier alpha value is -0.630. The molecule has 0 unspecified atom stereocenters. The van der Waals surface area contributed by atoms with Gasteiger partial charge in [0.25, 0.3) is 0 Å². The zero-order valence-corrected chi connectivity index (χ0v) is 17.5. The number of hydrogen-bond donors (Lipinski definition) is 9. The molecule has 3 heterocycles. The maximum atomic E-state index is 13.9. The highest BCUT2D eigenvalue weighted by Crippen LogP contribution is 2.32. The number of aliphatic hydroxyl groups is 9. The van der Waals surface area contributed by atoms with Gasteiger partial charge in [-0.15, -0.1) is 0 Å². The first-order chi connectivity index (χ1) is 15.5. The Bertz CT molecular complexity index is 627. The van der Waals surface area contributed by atoms with Crippen LogP contribution in [0, 0.1) is 0 Å². The number of rotatable bonds is 6. The zero-order valence-electron chi connectivity index (χ0n) is 17.5. The number of hydrogen-bond acceptors (Lipinski definition) is 14. The Morgan fingerprint density at radius 3 is 1.73 bits per heavy atom. The monoisotopic (exact) mass is 490 g/mol. The predicted octanol–water partition coefficient (Wildman–Crippen LogP) is -5.57. The van der Waals surface area contributed by atoms with Crippen LogP contribution < -0.4 is 0 Å². The van der Waals surface area contributed by atoms with Crippen LogP contribution in [-0.4, -0.2) is 151 Å². The molecule has 3 saturated heterocycles. The van der Waals surface area contributed by atoms with Crippen LogP contribution in [0.15, 0.2) is 0 Å². The highest BCUT2D eigenvalue weighted by molar-refractivity contribution is 4.95. The van der Waals surface area contributed by atoms with Gasteiger partial charge in [0, 0.05) is 0 Å². The summed E-state index contributed by atoms with van der Waals surface area (Å²) in [6.07, 6.45) is -25.0. The van der Waals surface area contributed by atoms with Crippen LogP contribution in [0.1, 0.15) is 6.92 Å². The van der Waals surface area contributed by atoms with Crippen molar-refractivity contribution >= 4 is 0 Å². The van der Waals surface area contributed by atoms with E-state index < -0.39 is 105 Å². The van der Waals surface area contributed by atoms with E-state index in [1.807, 2.05) is 0 Å². The van der Waals surface area contributed by atoms with Crippen LogP contribution in [0.2, 0.25) is 0 Å². The molecule has 14 nitrogen and oxygen atoms in total. The fraction of sp³-hybridized carbons (Fsp3) is 1.00. The molecule has 0 aliphatic carbocycles. The predicted molar refractivity (Wildman–Crippen MR) is 98.7 cm³/mol. The number of halogens is 1. The molecule has 3 fully saturated rings. The van der Waals surface area contributed by atoms with Crippen molar-refractivity contribution in [1.82, 2.24) is 0 Å². The maximum absolute atomic E-state index is 13.9. The summed E-state index contributed by atoms with van der Waals surface area (Å²) in [5.41, 5.74) is 0. The van der Waals surface area contributed by atoms with Gasteiger partial charge in [-0.3, -0.25) is 0 Å². The summed E-state index contributed by atoms with van der Waals surface area (Å²) in [5.74, 6) is 0. The van der Waals surface area contributed by atoms with E-state index in [0.717, 1.165) is 0 Å². The lowest BCUT2D eigenvalue weighted by atomic mass is 9.96. The summed E-state index contributed by atoms with van der Waals surface area (Å²) in [7, 11) is 0. The topological polar surface area (TPSA) is 228 Å². The molecule has 0 radical (unpaired) electrons. The fourth-order valence-electron chi connectivity index (χ4n) is 4.01. The first kappa shape index (κ1) is 27.0. The van der Waals surface area contributed by atoms with Crippen LogP contribution >= 0.6 is 0 Å². The SMILES string of the molecule is C[C@H]1O[C@H](O)[C@H](F)[C@@H](O)[C@@H]1O[C@@H]1O[C@H](CO)[C@@H](O[C@@H]2O[C@H](CO)[C@@H](O)[C@H](O)[C@H]2O)[C@H](O)[C@H]1O. The highest BCUT2D eigenvalue weighted by atomic mass is 19.1. The average molecular weight is 490 g/mol. The van der Waals surface area contributed by atoms with Gasteiger partial charge in [-0.2, -0.15) is 0 Å². The van der Waals surface area contributed by atoms with Gasteiger partial charge in [-0.05, 0) is 6.92 Å². The normalized spacial score (nSPS) is 53.7. The molecule has 33 heavy (non-hydrogen) atoms. The van der Waals surface area contributed by atoms with Gasteiger partial charge >= 0.3 is 0 Å². The summed E-state index contributed by atoms with van der Waals surface area (Å²) in [6.45, 7) is -0.163. The van der Waals surface area contributed by atoms with E-state index in [0.29, 0.717) is 0 Å². The van der Waals surface area contributed by atoms with Gasteiger partial charge in [0.2, 0.25) is 0 Å². The summed E-state index contributed by atoms with van der Waals surface area (Å²) in [6, 6.07) is 0. The quantitative estimate of drug-likeness (QED) is 0.169. The van der Waals surface area contributed by atoms with Crippen molar-refractivity contribution in [3.63, 3.8) is 0 Å². The molecule has 3 rings (SSSR count). The largest absolute Gasteiger partial charge is 0.394 e. The van der Waals surface area contributed by atoms with Crippen LogP contribution in [0.3, 0.4) is 0 Å².